The first-order chi connectivity index (χ1) is 6.00. The van der Waals surface area contributed by atoms with Gasteiger partial charge in [-0.3, -0.25) is 0 Å². The first-order valence-electron chi connectivity index (χ1n) is 5.50. The van der Waals surface area contributed by atoms with Gasteiger partial charge in [-0.05, 0) is 0 Å². The van der Waals surface area contributed by atoms with Crippen molar-refractivity contribution in [2.45, 2.75) is 69.2 Å². The van der Waals surface area contributed by atoms with Crippen LogP contribution in [0.15, 0.2) is 13.2 Å². The third kappa shape index (κ3) is 11000. The third-order valence-electron chi connectivity index (χ3n) is 0. The van der Waals surface area contributed by atoms with Crippen LogP contribution in [0, 0.1) is 0 Å². The van der Waals surface area contributed by atoms with Crippen molar-refractivity contribution in [2.75, 3.05) is 0 Å². The van der Waals surface area contributed by atoms with E-state index < -0.39 is 0 Å². The van der Waals surface area contributed by atoms with Crippen molar-refractivity contribution in [1.82, 2.24) is 0 Å². The highest BCUT2D eigenvalue weighted by Gasteiger charge is 0.940. The summed E-state index contributed by atoms with van der Waals surface area (Å²) in [4.78, 5) is 0. The van der Waals surface area contributed by atoms with Crippen LogP contribution < -0.4 is 0 Å². The Labute approximate surface area is 83.1 Å². The van der Waals surface area contributed by atoms with Crippen LogP contribution in [0.1, 0.15) is 69.2 Å². The summed E-state index contributed by atoms with van der Waals surface area (Å²) >= 11 is 0. The Bertz CT molecular complexity index is 0. The van der Waals surface area contributed by atoms with Gasteiger partial charge in [0.05, 0.1) is 0 Å². The molecule has 0 aromatic heterocycles. The molecule has 0 rings (SSSR count). The molecule has 0 atom stereocenters. The smallest absolute Gasteiger partial charge is 0.0683 e. The summed E-state index contributed by atoms with van der Waals surface area (Å²) in [6.45, 7) is 26.0. The fourth-order valence-electron chi connectivity index (χ4n) is 0. The first-order valence-corrected chi connectivity index (χ1v) is 5.50. The highest BCUT2D eigenvalue weighted by atomic mass is 13.0. The van der Waals surface area contributed by atoms with Crippen molar-refractivity contribution < 1.29 is 0 Å². The summed E-state index contributed by atoms with van der Waals surface area (Å²) in [5.74, 6) is 0. The molecule has 0 aliphatic rings. The molecule has 0 aromatic rings. The van der Waals surface area contributed by atoms with E-state index in [2.05, 4.69) is 13.2 Å². The van der Waals surface area contributed by atoms with Gasteiger partial charge in [-0.15, -0.1) is 13.2 Å². The molecule has 0 aliphatic heterocycles. The van der Waals surface area contributed by atoms with Crippen LogP contribution in [0.5, 0.6) is 0 Å². The van der Waals surface area contributed by atoms with E-state index in [0.717, 1.165) is 0 Å². The van der Waals surface area contributed by atoms with E-state index in [1.54, 1.807) is 0 Å². The highest BCUT2D eigenvalue weighted by Crippen LogP contribution is 1.15. The third-order valence-corrected chi connectivity index (χ3v) is 0. The van der Waals surface area contributed by atoms with Crippen LogP contribution >= 0.6 is 0 Å². The number of hydrogen-bond acceptors (Lipinski definition) is 0. The standard InChI is InChI=1S/5C2H6.C2H4/c6*1-2/h5*1-2H3;1-2H2. The molecule has 0 N–H and O–H groups in total. The summed E-state index contributed by atoms with van der Waals surface area (Å²) in [5, 5.41) is 0. The fraction of sp³-hybridized carbons (Fsp3) is 0.833. The van der Waals surface area contributed by atoms with Crippen LogP contribution in [0.3, 0.4) is 0 Å². The zero-order chi connectivity index (χ0) is 12.0. The van der Waals surface area contributed by atoms with E-state index >= 15 is 0 Å². The van der Waals surface area contributed by atoms with Gasteiger partial charge in [0.2, 0.25) is 0 Å². The zero-order valence-electron chi connectivity index (χ0n) is 11.4. The lowest BCUT2D eigenvalue weighted by molar-refractivity contribution is 1.50. The average Bonchev–Trinajstić information content (AvgIpc) is 2.33. The molecule has 0 saturated carbocycles. The number of hydrogen-bond donors (Lipinski definition) is 0. The Morgan fingerprint density at radius 3 is 0.333 bits per heavy atom. The minimum atomic E-state index is 2.00. The molecule has 0 heterocycles. The molecule has 0 fully saturated rings. The van der Waals surface area contributed by atoms with Crippen LogP contribution in [0.25, 0.3) is 0 Å². The van der Waals surface area contributed by atoms with Crippen molar-refractivity contribution in [3.05, 3.63) is 13.2 Å². The Hall–Kier alpha value is -0.260. The second-order valence-corrected chi connectivity index (χ2v) is 0. The quantitative estimate of drug-likeness (QED) is 0.403. The molecule has 0 aliphatic carbocycles. The Kier molecular flexibility index (Phi) is 51600. The monoisotopic (exact) mass is 178 g/mol. The summed E-state index contributed by atoms with van der Waals surface area (Å²) in [6.07, 6.45) is 0. The van der Waals surface area contributed by atoms with Gasteiger partial charge in [0.1, 0.15) is 0 Å². The molecule has 0 radical (unpaired) electrons. The van der Waals surface area contributed by atoms with E-state index in [9.17, 15) is 0 Å². The van der Waals surface area contributed by atoms with Gasteiger partial charge in [0.15, 0.2) is 0 Å². The Balaban J connectivity index is -0.00000000900. The molecule has 0 spiro atoms. The maximum absolute atomic E-state index is 3.00. The van der Waals surface area contributed by atoms with Crippen molar-refractivity contribution in [3.63, 3.8) is 0 Å². The second-order valence-electron chi connectivity index (χ2n) is 0. The predicted molar refractivity (Wildman–Crippen MR) is 68.0 cm³/mol. The van der Waals surface area contributed by atoms with Crippen molar-refractivity contribution in [1.29, 1.82) is 0 Å². The van der Waals surface area contributed by atoms with E-state index in [1.807, 2.05) is 69.2 Å². The lowest BCUT2D eigenvalue weighted by Crippen LogP contribution is -0.856. The predicted octanol–water partition coefficient (Wildman–Crippen LogP) is 5.93. The van der Waals surface area contributed by atoms with E-state index in [4.69, 9.17) is 0 Å². The fourth-order valence-corrected chi connectivity index (χ4v) is 0. The lowest BCUT2D eigenvalue weighted by Gasteiger charge is -1.07. The van der Waals surface area contributed by atoms with E-state index in [0.29, 0.717) is 0 Å². The zero-order valence-corrected chi connectivity index (χ0v) is 11.4. The topological polar surface area (TPSA) is 0 Å². The summed E-state index contributed by atoms with van der Waals surface area (Å²) in [7, 11) is 0. The van der Waals surface area contributed by atoms with Gasteiger partial charge in [0.25, 0.3) is 0 Å². The van der Waals surface area contributed by atoms with Gasteiger partial charge in [-0.1, -0.05) is 69.2 Å². The van der Waals surface area contributed by atoms with Crippen LogP contribution in [0.4, 0.5) is 0 Å². The van der Waals surface area contributed by atoms with Crippen molar-refractivity contribution in [3.8, 4) is 0 Å². The highest BCUT2D eigenvalue weighted by molar-refractivity contribution is 4.22. The average molecular weight is 178 g/mol. The molecule has 0 bridgehead atoms. The Morgan fingerprint density at radius 2 is 0.333 bits per heavy atom. The van der Waals surface area contributed by atoms with Gasteiger partial charge < -0.3 is 0 Å². The Morgan fingerprint density at radius 1 is 0.333 bits per heavy atom. The van der Waals surface area contributed by atoms with Gasteiger partial charge in [0, 0.05) is 0 Å². The maximum Gasteiger partial charge on any atom is -0.0683 e. The van der Waals surface area contributed by atoms with E-state index in [1.165, 1.54) is 0 Å². The van der Waals surface area contributed by atoms with Crippen molar-refractivity contribution >= 4 is 0 Å². The largest absolute Gasteiger partial charge is 0.106 e. The molecule has 12 heavy (non-hydrogen) atoms. The van der Waals surface area contributed by atoms with Gasteiger partial charge in [-0.25, -0.2) is 0 Å². The van der Waals surface area contributed by atoms with Gasteiger partial charge in [-0.2, -0.15) is 0 Å². The molecule has 0 nitrogen and oxygen atoms in total. The first kappa shape index (κ1) is 41.1. The molecular formula is C12H34. The second kappa shape index (κ2) is 15100. The van der Waals surface area contributed by atoms with Crippen LogP contribution in [0.2, 0.25) is 0 Å². The summed E-state index contributed by atoms with van der Waals surface area (Å²) < 4.78 is 0. The minimum Gasteiger partial charge on any atom is -0.106 e. The summed E-state index contributed by atoms with van der Waals surface area (Å²) in [6, 6.07) is 0. The molecule has 0 unspecified atom stereocenters. The minimum absolute atomic E-state index is 2.00. The molecule has 0 heteroatoms. The molecule has 0 aromatic carbocycles. The summed E-state index contributed by atoms with van der Waals surface area (Å²) in [5.41, 5.74) is 0. The SMILES string of the molecule is C=C.CC.CC.CC.CC.CC. The van der Waals surface area contributed by atoms with Crippen molar-refractivity contribution in [2.24, 2.45) is 0 Å². The molecule has 82 valence electrons. The van der Waals surface area contributed by atoms with Gasteiger partial charge >= 0.3 is 0 Å². The van der Waals surface area contributed by atoms with Crippen LogP contribution in [-0.2, 0) is 0 Å². The molecule has 0 amide bonds. The number of rotatable bonds is 0. The molecule has 0 saturated heterocycles. The maximum atomic E-state index is 3.00. The lowest BCUT2D eigenvalue weighted by atomic mass is 11.0. The molecular weight excluding hydrogens is 144 g/mol. The van der Waals surface area contributed by atoms with Crippen LogP contribution in [-0.4, -0.2) is 0 Å². The van der Waals surface area contributed by atoms with E-state index in [-0.39, 0.29) is 0 Å². The normalized spacial score (nSPS) is 2.83.